The molecule has 0 atom stereocenters. The molecule has 0 bridgehead atoms. The number of phenolic OH excluding ortho intramolecular Hbond substituents is 2. The van der Waals surface area contributed by atoms with Crippen molar-refractivity contribution in [2.45, 2.75) is 0 Å². The van der Waals surface area contributed by atoms with Crippen molar-refractivity contribution in [2.24, 2.45) is 0 Å². The zero-order chi connectivity index (χ0) is 23.1. The summed E-state index contributed by atoms with van der Waals surface area (Å²) in [5.41, 5.74) is 2.12. The molecule has 0 aromatic heterocycles. The number of hydrogen-bond donors (Lipinski definition) is 2. The lowest BCUT2D eigenvalue weighted by atomic mass is 10.0. The molecule has 0 aliphatic heterocycles. The highest BCUT2D eigenvalue weighted by molar-refractivity contribution is 6.11. The molecular formula is C26H22O6. The molecule has 162 valence electrons. The van der Waals surface area contributed by atoms with E-state index in [0.29, 0.717) is 33.8 Å². The SMILES string of the molecule is COc1cc(/C=C/C(=O)c2cccc(C(=O)/C=C/c3ccc(O)c(OC)c3)c2)ccc1O. The number of ether oxygens (including phenoxy) is 2. The molecule has 0 aliphatic rings. The topological polar surface area (TPSA) is 93.1 Å². The van der Waals surface area contributed by atoms with Crippen molar-refractivity contribution in [3.8, 4) is 23.0 Å². The van der Waals surface area contributed by atoms with Gasteiger partial charge in [0.15, 0.2) is 34.6 Å². The summed E-state index contributed by atoms with van der Waals surface area (Å²) in [5.74, 6) is 0.121. The summed E-state index contributed by atoms with van der Waals surface area (Å²) in [6.07, 6.45) is 6.01. The van der Waals surface area contributed by atoms with Crippen LogP contribution in [0, 0.1) is 0 Å². The van der Waals surface area contributed by atoms with Gasteiger partial charge >= 0.3 is 0 Å². The molecule has 0 aliphatic carbocycles. The minimum absolute atomic E-state index is 0.0148. The summed E-state index contributed by atoms with van der Waals surface area (Å²) in [7, 11) is 2.89. The molecule has 0 heterocycles. The normalized spacial score (nSPS) is 11.1. The number of allylic oxidation sites excluding steroid dienone is 2. The first-order valence-corrected chi connectivity index (χ1v) is 9.70. The van der Waals surface area contributed by atoms with Crippen molar-refractivity contribution in [1.29, 1.82) is 0 Å². The molecule has 0 saturated heterocycles. The van der Waals surface area contributed by atoms with Crippen molar-refractivity contribution in [3.63, 3.8) is 0 Å². The van der Waals surface area contributed by atoms with E-state index in [1.54, 1.807) is 54.6 Å². The van der Waals surface area contributed by atoms with E-state index < -0.39 is 0 Å². The summed E-state index contributed by atoms with van der Waals surface area (Å²) >= 11 is 0. The number of rotatable bonds is 8. The molecule has 2 N–H and O–H groups in total. The van der Waals surface area contributed by atoms with Crippen LogP contribution in [-0.2, 0) is 0 Å². The van der Waals surface area contributed by atoms with Gasteiger partial charge in [0.2, 0.25) is 0 Å². The fourth-order valence-corrected chi connectivity index (χ4v) is 2.96. The van der Waals surface area contributed by atoms with E-state index in [4.69, 9.17) is 9.47 Å². The van der Waals surface area contributed by atoms with E-state index in [0.717, 1.165) is 0 Å². The van der Waals surface area contributed by atoms with Crippen molar-refractivity contribution >= 4 is 23.7 Å². The monoisotopic (exact) mass is 430 g/mol. The molecule has 0 radical (unpaired) electrons. The number of methoxy groups -OCH3 is 2. The van der Waals surface area contributed by atoms with Crippen LogP contribution in [0.3, 0.4) is 0 Å². The standard InChI is InChI=1S/C26H22O6/c1-31-25-14-17(8-12-23(25)29)6-10-21(27)19-4-3-5-20(16-19)22(28)11-7-18-9-13-24(30)26(15-18)32-2/h3-16,29-30H,1-2H3/b10-6+,11-7+. The van der Waals surface area contributed by atoms with Crippen LogP contribution in [0.25, 0.3) is 12.2 Å². The zero-order valence-electron chi connectivity index (χ0n) is 17.6. The van der Waals surface area contributed by atoms with Gasteiger partial charge in [0, 0.05) is 11.1 Å². The number of benzene rings is 3. The van der Waals surface area contributed by atoms with Crippen molar-refractivity contribution in [2.75, 3.05) is 14.2 Å². The first-order chi connectivity index (χ1) is 15.4. The Morgan fingerprint density at radius 1 is 0.688 bits per heavy atom. The molecule has 3 aromatic rings. The molecule has 6 heteroatoms. The van der Waals surface area contributed by atoms with Gasteiger partial charge in [-0.1, -0.05) is 42.5 Å². The zero-order valence-corrected chi connectivity index (χ0v) is 17.6. The summed E-state index contributed by atoms with van der Waals surface area (Å²) < 4.78 is 10.1. The van der Waals surface area contributed by atoms with E-state index in [-0.39, 0.29) is 23.1 Å². The summed E-state index contributed by atoms with van der Waals surface area (Å²) in [6.45, 7) is 0. The van der Waals surface area contributed by atoms with E-state index in [1.807, 2.05) is 0 Å². The maximum atomic E-state index is 12.6. The van der Waals surface area contributed by atoms with Gasteiger partial charge in [0.1, 0.15) is 0 Å². The number of ketones is 2. The van der Waals surface area contributed by atoms with Gasteiger partial charge in [-0.05, 0) is 53.6 Å². The summed E-state index contributed by atoms with van der Waals surface area (Å²) in [5, 5.41) is 19.3. The highest BCUT2D eigenvalue weighted by Gasteiger charge is 2.08. The average Bonchev–Trinajstić information content (AvgIpc) is 2.82. The molecule has 0 fully saturated rings. The lowest BCUT2D eigenvalue weighted by Gasteiger charge is -2.04. The minimum atomic E-state index is -0.265. The first-order valence-electron chi connectivity index (χ1n) is 9.70. The Morgan fingerprint density at radius 2 is 1.12 bits per heavy atom. The minimum Gasteiger partial charge on any atom is -0.504 e. The maximum absolute atomic E-state index is 12.6. The van der Waals surface area contributed by atoms with Gasteiger partial charge in [0.05, 0.1) is 14.2 Å². The van der Waals surface area contributed by atoms with Gasteiger partial charge in [-0.25, -0.2) is 0 Å². The second-order valence-corrected chi connectivity index (χ2v) is 6.84. The van der Waals surface area contributed by atoms with Gasteiger partial charge < -0.3 is 19.7 Å². The van der Waals surface area contributed by atoms with Gasteiger partial charge in [0.25, 0.3) is 0 Å². The highest BCUT2D eigenvalue weighted by Crippen LogP contribution is 2.27. The van der Waals surface area contributed by atoms with E-state index in [1.165, 1.54) is 44.6 Å². The predicted octanol–water partition coefficient (Wildman–Crippen LogP) is 4.91. The third kappa shape index (κ3) is 5.43. The Hall–Kier alpha value is -4.32. The van der Waals surface area contributed by atoms with Crippen LogP contribution in [0.4, 0.5) is 0 Å². The van der Waals surface area contributed by atoms with Crippen LogP contribution < -0.4 is 9.47 Å². The lowest BCUT2D eigenvalue weighted by Crippen LogP contribution is -1.99. The van der Waals surface area contributed by atoms with E-state index in [2.05, 4.69) is 0 Å². The Balaban J connectivity index is 1.74. The Bertz CT molecular complexity index is 1120. The first kappa shape index (κ1) is 22.4. The number of phenols is 2. The van der Waals surface area contributed by atoms with Crippen LogP contribution in [0.5, 0.6) is 23.0 Å². The third-order valence-electron chi connectivity index (χ3n) is 4.69. The van der Waals surface area contributed by atoms with Crippen LogP contribution in [0.1, 0.15) is 31.8 Å². The molecule has 3 aromatic carbocycles. The Labute approximate surface area is 185 Å². The molecular weight excluding hydrogens is 408 g/mol. The Morgan fingerprint density at radius 3 is 1.53 bits per heavy atom. The van der Waals surface area contributed by atoms with Crippen molar-refractivity contribution in [3.05, 3.63) is 95.1 Å². The predicted molar refractivity (Wildman–Crippen MR) is 122 cm³/mol. The number of carbonyl (C=O) groups excluding carboxylic acids is 2. The molecule has 0 amide bonds. The fraction of sp³-hybridized carbons (Fsp3) is 0.0769. The lowest BCUT2D eigenvalue weighted by molar-refractivity contribution is 0.104. The second kappa shape index (κ2) is 10.1. The molecule has 6 nitrogen and oxygen atoms in total. The van der Waals surface area contributed by atoms with Gasteiger partial charge in [-0.3, -0.25) is 9.59 Å². The van der Waals surface area contributed by atoms with Crippen molar-refractivity contribution in [1.82, 2.24) is 0 Å². The number of aromatic hydroxyl groups is 2. The van der Waals surface area contributed by atoms with Crippen LogP contribution in [-0.4, -0.2) is 36.0 Å². The third-order valence-corrected chi connectivity index (χ3v) is 4.69. The number of hydrogen-bond acceptors (Lipinski definition) is 6. The van der Waals surface area contributed by atoms with Crippen LogP contribution >= 0.6 is 0 Å². The fourth-order valence-electron chi connectivity index (χ4n) is 2.96. The quantitative estimate of drug-likeness (QED) is 0.390. The average molecular weight is 430 g/mol. The van der Waals surface area contributed by atoms with Crippen molar-refractivity contribution < 1.29 is 29.3 Å². The van der Waals surface area contributed by atoms with E-state index >= 15 is 0 Å². The molecule has 0 saturated carbocycles. The van der Waals surface area contributed by atoms with Gasteiger partial charge in [-0.15, -0.1) is 0 Å². The Kier molecular flexibility index (Phi) is 7.08. The van der Waals surface area contributed by atoms with Gasteiger partial charge in [-0.2, -0.15) is 0 Å². The highest BCUT2D eigenvalue weighted by atomic mass is 16.5. The largest absolute Gasteiger partial charge is 0.504 e. The summed E-state index contributed by atoms with van der Waals surface area (Å²) in [4.78, 5) is 25.1. The van der Waals surface area contributed by atoms with Crippen LogP contribution in [0.2, 0.25) is 0 Å². The smallest absolute Gasteiger partial charge is 0.185 e. The maximum Gasteiger partial charge on any atom is 0.185 e. The molecule has 32 heavy (non-hydrogen) atoms. The second-order valence-electron chi connectivity index (χ2n) is 6.84. The number of carbonyl (C=O) groups is 2. The molecule has 3 rings (SSSR count). The summed E-state index contributed by atoms with van der Waals surface area (Å²) in [6, 6.07) is 16.0. The van der Waals surface area contributed by atoms with E-state index in [9.17, 15) is 19.8 Å². The molecule has 0 unspecified atom stereocenters. The molecule has 0 spiro atoms. The van der Waals surface area contributed by atoms with Crippen LogP contribution in [0.15, 0.2) is 72.8 Å².